The van der Waals surface area contributed by atoms with Crippen molar-refractivity contribution in [3.63, 3.8) is 0 Å². The summed E-state index contributed by atoms with van der Waals surface area (Å²) in [4.78, 5) is 0. The third-order valence-corrected chi connectivity index (χ3v) is 4.31. The predicted octanol–water partition coefficient (Wildman–Crippen LogP) is 5.36. The topological polar surface area (TPSA) is 20.2 Å². The monoisotopic (exact) mass is 428 g/mol. The summed E-state index contributed by atoms with van der Waals surface area (Å²) in [7, 11) is 0. The van der Waals surface area contributed by atoms with Crippen molar-refractivity contribution in [1.29, 1.82) is 0 Å². The third kappa shape index (κ3) is 3.03. The molecular weight excluding hydrogens is 424 g/mol. The maximum absolute atomic E-state index is 13.8. The van der Waals surface area contributed by atoms with E-state index in [0.29, 0.717) is 0 Å². The van der Waals surface area contributed by atoms with Crippen LogP contribution in [0.15, 0.2) is 33.2 Å². The summed E-state index contributed by atoms with van der Waals surface area (Å²) < 4.78 is 41.8. The van der Waals surface area contributed by atoms with Crippen molar-refractivity contribution in [1.82, 2.24) is 0 Å². The van der Waals surface area contributed by atoms with E-state index in [1.54, 1.807) is 0 Å². The third-order valence-electron chi connectivity index (χ3n) is 2.65. The highest BCUT2D eigenvalue weighted by Crippen LogP contribution is 2.34. The molecule has 0 amide bonds. The molecule has 0 fully saturated rings. The van der Waals surface area contributed by atoms with Crippen LogP contribution in [0, 0.1) is 17.5 Å². The van der Waals surface area contributed by atoms with E-state index in [0.717, 1.165) is 24.3 Å². The van der Waals surface area contributed by atoms with Gasteiger partial charge in [0.15, 0.2) is 0 Å². The molecule has 7 heteroatoms. The lowest BCUT2D eigenvalue weighted by Gasteiger charge is -2.15. The Morgan fingerprint density at radius 2 is 1.50 bits per heavy atom. The number of aliphatic hydroxyl groups is 1. The maximum Gasteiger partial charge on any atom is 0.133 e. The van der Waals surface area contributed by atoms with E-state index in [1.165, 1.54) is 0 Å². The van der Waals surface area contributed by atoms with Gasteiger partial charge < -0.3 is 5.11 Å². The van der Waals surface area contributed by atoms with E-state index >= 15 is 0 Å². The number of benzene rings is 2. The fraction of sp³-hybridized carbons (Fsp3) is 0.0769. The molecule has 0 aromatic heterocycles. The minimum Gasteiger partial charge on any atom is -0.383 e. The summed E-state index contributed by atoms with van der Waals surface area (Å²) in [5.74, 6) is -2.79. The Labute approximate surface area is 134 Å². The molecule has 0 aliphatic carbocycles. The molecule has 2 aromatic carbocycles. The number of rotatable bonds is 2. The molecule has 0 saturated carbocycles. The zero-order valence-electron chi connectivity index (χ0n) is 9.60. The Kier molecular flexibility index (Phi) is 4.79. The van der Waals surface area contributed by atoms with Crippen LogP contribution in [-0.4, -0.2) is 5.11 Å². The summed E-state index contributed by atoms with van der Waals surface area (Å²) >= 11 is 11.7. The van der Waals surface area contributed by atoms with Crippen LogP contribution >= 0.6 is 43.5 Å². The molecule has 1 nitrogen and oxygen atoms in total. The van der Waals surface area contributed by atoms with Crippen molar-refractivity contribution in [2.24, 2.45) is 0 Å². The Balaban J connectivity index is 2.57. The van der Waals surface area contributed by atoms with E-state index in [9.17, 15) is 18.3 Å². The average Bonchev–Trinajstić information content (AvgIpc) is 2.32. The zero-order chi connectivity index (χ0) is 15.0. The maximum atomic E-state index is 13.8. The lowest BCUT2D eigenvalue weighted by Crippen LogP contribution is -2.08. The standard InChI is InChI=1S/C13H6Br2ClF3O/c14-5-1-10(18)12(11(19)2-5)13(20)6-3-8(16)7(15)4-9(6)17/h1-4,13,20H. The fourth-order valence-electron chi connectivity index (χ4n) is 1.72. The quantitative estimate of drug-likeness (QED) is 0.636. The summed E-state index contributed by atoms with van der Waals surface area (Å²) in [6.07, 6.45) is -1.80. The SMILES string of the molecule is OC(c1cc(Cl)c(Br)cc1F)c1c(F)cc(Br)cc1F. The van der Waals surface area contributed by atoms with Gasteiger partial charge in [0.1, 0.15) is 23.6 Å². The molecule has 1 atom stereocenters. The van der Waals surface area contributed by atoms with Crippen molar-refractivity contribution >= 4 is 43.5 Å². The summed E-state index contributed by atoms with van der Waals surface area (Å²) in [5.41, 5.74) is -0.941. The van der Waals surface area contributed by atoms with Crippen molar-refractivity contribution in [3.05, 3.63) is 66.8 Å². The summed E-state index contributed by atoms with van der Waals surface area (Å²) in [6.45, 7) is 0. The largest absolute Gasteiger partial charge is 0.383 e. The smallest absolute Gasteiger partial charge is 0.133 e. The molecule has 0 aliphatic heterocycles. The van der Waals surface area contributed by atoms with Gasteiger partial charge in [-0.05, 0) is 40.2 Å². The van der Waals surface area contributed by atoms with E-state index < -0.39 is 29.1 Å². The van der Waals surface area contributed by atoms with Gasteiger partial charge in [-0.25, -0.2) is 13.2 Å². The van der Waals surface area contributed by atoms with Crippen molar-refractivity contribution in [2.45, 2.75) is 6.10 Å². The van der Waals surface area contributed by atoms with Crippen molar-refractivity contribution < 1.29 is 18.3 Å². The highest BCUT2D eigenvalue weighted by molar-refractivity contribution is 9.10. The van der Waals surface area contributed by atoms with E-state index in [1.807, 2.05) is 0 Å². The first-order valence-electron chi connectivity index (χ1n) is 5.28. The number of hydrogen-bond acceptors (Lipinski definition) is 1. The van der Waals surface area contributed by atoms with Gasteiger partial charge in [-0.15, -0.1) is 0 Å². The molecule has 2 rings (SSSR count). The Morgan fingerprint density at radius 3 is 2.05 bits per heavy atom. The molecule has 2 aromatic rings. The van der Waals surface area contributed by atoms with E-state index in [4.69, 9.17) is 11.6 Å². The average molecular weight is 430 g/mol. The molecule has 0 radical (unpaired) electrons. The lowest BCUT2D eigenvalue weighted by molar-refractivity contribution is 0.204. The van der Waals surface area contributed by atoms with Crippen LogP contribution in [-0.2, 0) is 0 Å². The van der Waals surface area contributed by atoms with Crippen LogP contribution in [0.3, 0.4) is 0 Å². The second-order valence-corrected chi connectivity index (χ2v) is 6.15. The summed E-state index contributed by atoms with van der Waals surface area (Å²) in [5, 5.41) is 10.2. The fourth-order valence-corrected chi connectivity index (χ4v) is 2.61. The summed E-state index contributed by atoms with van der Waals surface area (Å²) in [6, 6.07) is 4.11. The van der Waals surface area contributed by atoms with Crippen molar-refractivity contribution in [2.75, 3.05) is 0 Å². The van der Waals surface area contributed by atoms with Crippen LogP contribution in [0.1, 0.15) is 17.2 Å². The first-order valence-corrected chi connectivity index (χ1v) is 7.24. The Hall–Kier alpha value is -0.560. The van der Waals surface area contributed by atoms with Gasteiger partial charge in [0, 0.05) is 14.5 Å². The minimum atomic E-state index is -1.80. The first-order chi connectivity index (χ1) is 9.31. The van der Waals surface area contributed by atoms with Gasteiger partial charge in [-0.2, -0.15) is 0 Å². The van der Waals surface area contributed by atoms with Crippen LogP contribution in [0.4, 0.5) is 13.2 Å². The number of halogens is 6. The van der Waals surface area contributed by atoms with E-state index in [-0.39, 0.29) is 19.5 Å². The Morgan fingerprint density at radius 1 is 0.950 bits per heavy atom. The molecule has 106 valence electrons. The molecule has 0 spiro atoms. The van der Waals surface area contributed by atoms with Crippen LogP contribution in [0.2, 0.25) is 5.02 Å². The van der Waals surface area contributed by atoms with Crippen LogP contribution in [0.5, 0.6) is 0 Å². The lowest BCUT2D eigenvalue weighted by atomic mass is 10.00. The van der Waals surface area contributed by atoms with Crippen LogP contribution < -0.4 is 0 Å². The van der Waals surface area contributed by atoms with Gasteiger partial charge >= 0.3 is 0 Å². The highest BCUT2D eigenvalue weighted by atomic mass is 79.9. The van der Waals surface area contributed by atoms with Gasteiger partial charge in [-0.1, -0.05) is 27.5 Å². The normalized spacial score (nSPS) is 12.6. The second-order valence-electron chi connectivity index (χ2n) is 3.97. The van der Waals surface area contributed by atoms with E-state index in [2.05, 4.69) is 31.9 Å². The molecule has 1 N–H and O–H groups in total. The zero-order valence-corrected chi connectivity index (χ0v) is 13.5. The van der Waals surface area contributed by atoms with Crippen molar-refractivity contribution in [3.8, 4) is 0 Å². The predicted molar refractivity (Wildman–Crippen MR) is 77.2 cm³/mol. The molecule has 0 bridgehead atoms. The molecular formula is C13H6Br2ClF3O. The number of hydrogen-bond donors (Lipinski definition) is 1. The first kappa shape index (κ1) is 15.8. The molecule has 0 saturated heterocycles. The second kappa shape index (κ2) is 6.05. The van der Waals surface area contributed by atoms with Gasteiger partial charge in [0.25, 0.3) is 0 Å². The minimum absolute atomic E-state index is 0.123. The van der Waals surface area contributed by atoms with Gasteiger partial charge in [0.05, 0.1) is 10.6 Å². The number of aliphatic hydroxyl groups excluding tert-OH is 1. The highest BCUT2D eigenvalue weighted by Gasteiger charge is 2.24. The molecule has 1 unspecified atom stereocenters. The van der Waals surface area contributed by atoms with Gasteiger partial charge in [-0.3, -0.25) is 0 Å². The van der Waals surface area contributed by atoms with Crippen LogP contribution in [0.25, 0.3) is 0 Å². The molecule has 0 heterocycles. The Bertz CT molecular complexity index is 656. The van der Waals surface area contributed by atoms with Gasteiger partial charge in [0.2, 0.25) is 0 Å². The molecule has 0 aliphatic rings. The molecule has 20 heavy (non-hydrogen) atoms.